The third-order valence-electron chi connectivity index (χ3n) is 5.24. The number of hydrogen-bond donors (Lipinski definition) is 3. The molecule has 4 N–H and O–H groups in total. The molecular formula is C23H29N7O3S. The molecule has 0 aliphatic rings. The second kappa shape index (κ2) is 10.1. The number of carbonyl (C=O) groups is 1. The van der Waals surface area contributed by atoms with Crippen molar-refractivity contribution in [1.82, 2.24) is 25.2 Å². The van der Waals surface area contributed by atoms with Gasteiger partial charge >= 0.3 is 6.03 Å². The monoisotopic (exact) mass is 483 g/mol. The van der Waals surface area contributed by atoms with Gasteiger partial charge in [-0.2, -0.15) is 0 Å². The highest BCUT2D eigenvalue weighted by Gasteiger charge is 2.39. The minimum atomic E-state index is -3.78. The summed E-state index contributed by atoms with van der Waals surface area (Å²) in [6.45, 7) is 4.41. The van der Waals surface area contributed by atoms with Gasteiger partial charge < -0.3 is 21.3 Å². The molecule has 0 saturated heterocycles. The van der Waals surface area contributed by atoms with Crippen LogP contribution in [0.1, 0.15) is 19.5 Å². The molecule has 0 spiro atoms. The lowest BCUT2D eigenvalue weighted by Gasteiger charge is -2.25. The number of sulfone groups is 1. The lowest BCUT2D eigenvalue weighted by Crippen LogP contribution is -2.34. The molecule has 11 heteroatoms. The van der Waals surface area contributed by atoms with Gasteiger partial charge in [0.15, 0.2) is 15.7 Å². The topological polar surface area (TPSA) is 143 Å². The zero-order valence-electron chi connectivity index (χ0n) is 19.6. The summed E-state index contributed by atoms with van der Waals surface area (Å²) < 4.78 is 25.2. The van der Waals surface area contributed by atoms with E-state index in [1.165, 1.54) is 30.6 Å². The smallest absolute Gasteiger partial charge is 0.319 e. The number of benzene rings is 1. The molecule has 0 atom stereocenters. The van der Waals surface area contributed by atoms with Crippen molar-refractivity contribution in [3.8, 4) is 11.4 Å². The number of aromatic nitrogens is 3. The number of amides is 2. The number of anilines is 2. The van der Waals surface area contributed by atoms with Gasteiger partial charge in [0.1, 0.15) is 10.6 Å². The Morgan fingerprint density at radius 1 is 1.06 bits per heavy atom. The normalized spacial score (nSPS) is 11.9. The molecule has 34 heavy (non-hydrogen) atoms. The summed E-state index contributed by atoms with van der Waals surface area (Å²) in [4.78, 5) is 26.8. The first-order chi connectivity index (χ1) is 16.0. The quantitative estimate of drug-likeness (QED) is 0.443. The molecule has 0 unspecified atom stereocenters. The van der Waals surface area contributed by atoms with Gasteiger partial charge in [0.25, 0.3) is 0 Å². The molecular weight excluding hydrogens is 454 g/mol. The molecule has 0 bridgehead atoms. The molecule has 2 amide bonds. The minimum absolute atomic E-state index is 0.144. The van der Waals surface area contributed by atoms with Crippen LogP contribution in [0, 0.1) is 0 Å². The van der Waals surface area contributed by atoms with Gasteiger partial charge in [-0.05, 0) is 64.3 Å². The van der Waals surface area contributed by atoms with Crippen LogP contribution in [-0.4, -0.2) is 61.5 Å². The number of nitrogens with zero attached hydrogens (tertiary/aromatic N) is 4. The number of likely N-dealkylation sites (N-methyl/N-ethyl adjacent to an activating group) is 1. The van der Waals surface area contributed by atoms with Gasteiger partial charge in [0.2, 0.25) is 0 Å². The summed E-state index contributed by atoms with van der Waals surface area (Å²) >= 11 is 0. The zero-order chi connectivity index (χ0) is 24.9. The number of hydrogen-bond acceptors (Lipinski definition) is 8. The maximum absolute atomic E-state index is 13.3. The summed E-state index contributed by atoms with van der Waals surface area (Å²) in [5, 5.41) is 5.54. The summed E-state index contributed by atoms with van der Waals surface area (Å²) in [5.41, 5.74) is 7.51. The van der Waals surface area contributed by atoms with Gasteiger partial charge in [-0.1, -0.05) is 0 Å². The highest BCUT2D eigenvalue weighted by Crippen LogP contribution is 2.35. The van der Waals surface area contributed by atoms with E-state index in [9.17, 15) is 13.2 Å². The Labute approximate surface area is 199 Å². The Balaban J connectivity index is 1.83. The number of nitrogens with one attached hydrogen (secondary N) is 2. The Bertz CT molecular complexity index is 1250. The molecule has 1 aromatic carbocycles. The molecule has 0 saturated carbocycles. The van der Waals surface area contributed by atoms with Crippen LogP contribution in [0.25, 0.3) is 11.4 Å². The van der Waals surface area contributed by atoms with E-state index in [4.69, 9.17) is 5.73 Å². The highest BCUT2D eigenvalue weighted by molar-refractivity contribution is 7.92. The molecule has 3 aromatic rings. The number of pyridine rings is 1. The molecule has 2 aromatic heterocycles. The maximum Gasteiger partial charge on any atom is 0.319 e. The van der Waals surface area contributed by atoms with Crippen molar-refractivity contribution in [2.75, 3.05) is 38.2 Å². The van der Waals surface area contributed by atoms with E-state index in [0.29, 0.717) is 17.8 Å². The Hall–Kier alpha value is -3.57. The molecule has 10 nitrogen and oxygen atoms in total. The fourth-order valence-electron chi connectivity index (χ4n) is 3.12. The fourth-order valence-corrected chi connectivity index (χ4v) is 4.57. The van der Waals surface area contributed by atoms with Crippen molar-refractivity contribution in [1.29, 1.82) is 0 Å². The zero-order valence-corrected chi connectivity index (χ0v) is 20.4. The molecule has 180 valence electrons. The minimum Gasteiger partial charge on any atom is -0.384 e. The average molecular weight is 484 g/mol. The van der Waals surface area contributed by atoms with Crippen LogP contribution in [0.2, 0.25) is 0 Å². The SMILES string of the molecule is CN(C)CCNC(=O)Nc1ccc(-c2nc(N)cc(C(C)(C)S(=O)(=O)c3ccncc3)n2)cc1. The van der Waals surface area contributed by atoms with Gasteiger partial charge in [-0.15, -0.1) is 0 Å². The number of nitrogen functional groups attached to an aromatic ring is 1. The molecule has 0 radical (unpaired) electrons. The molecule has 3 rings (SSSR count). The van der Waals surface area contributed by atoms with Crippen molar-refractivity contribution < 1.29 is 13.2 Å². The molecule has 2 heterocycles. The molecule has 0 fully saturated rings. The van der Waals surface area contributed by atoms with E-state index >= 15 is 0 Å². The molecule has 0 aliphatic heterocycles. The lowest BCUT2D eigenvalue weighted by atomic mass is 10.1. The number of rotatable bonds is 8. The number of urea groups is 1. The molecule has 0 aliphatic carbocycles. The summed E-state index contributed by atoms with van der Waals surface area (Å²) in [6, 6.07) is 11.0. The highest BCUT2D eigenvalue weighted by atomic mass is 32.2. The largest absolute Gasteiger partial charge is 0.384 e. The first-order valence-electron chi connectivity index (χ1n) is 10.6. The van der Waals surface area contributed by atoms with Gasteiger partial charge in [-0.25, -0.2) is 23.2 Å². The summed E-state index contributed by atoms with van der Waals surface area (Å²) in [5.74, 6) is 0.440. The fraction of sp³-hybridized carbons (Fsp3) is 0.304. The second-order valence-corrected chi connectivity index (χ2v) is 11.0. The van der Waals surface area contributed by atoms with Crippen LogP contribution in [-0.2, 0) is 14.6 Å². The van der Waals surface area contributed by atoms with Crippen LogP contribution in [0.3, 0.4) is 0 Å². The van der Waals surface area contributed by atoms with Crippen molar-refractivity contribution in [2.24, 2.45) is 0 Å². The van der Waals surface area contributed by atoms with E-state index in [0.717, 1.165) is 6.54 Å². The Morgan fingerprint density at radius 2 is 1.71 bits per heavy atom. The van der Waals surface area contributed by atoms with Crippen molar-refractivity contribution in [3.63, 3.8) is 0 Å². The summed E-state index contributed by atoms with van der Waals surface area (Å²) in [7, 11) is 0.0728. The Morgan fingerprint density at radius 3 is 2.32 bits per heavy atom. The summed E-state index contributed by atoms with van der Waals surface area (Å²) in [6.07, 6.45) is 2.86. The van der Waals surface area contributed by atoms with Gasteiger partial charge in [-0.3, -0.25) is 4.98 Å². The van der Waals surface area contributed by atoms with Crippen molar-refractivity contribution in [2.45, 2.75) is 23.5 Å². The average Bonchev–Trinajstić information content (AvgIpc) is 2.79. The third kappa shape index (κ3) is 5.67. The predicted octanol–water partition coefficient (Wildman–Crippen LogP) is 2.51. The Kier molecular flexibility index (Phi) is 7.48. The standard InChI is InChI=1S/C23H29N7O3S/c1-23(2,34(32,33)18-9-11-25-12-10-18)19-15-20(24)29-21(28-19)16-5-7-17(8-6-16)27-22(31)26-13-14-30(3)4/h5-12,15H,13-14H2,1-4H3,(H2,24,28,29)(H2,26,27,31). The van der Waals surface area contributed by atoms with Gasteiger partial charge in [0.05, 0.1) is 10.6 Å². The van der Waals surface area contributed by atoms with E-state index < -0.39 is 14.6 Å². The van der Waals surface area contributed by atoms with E-state index in [-0.39, 0.29) is 28.3 Å². The van der Waals surface area contributed by atoms with E-state index in [1.54, 1.807) is 38.1 Å². The van der Waals surface area contributed by atoms with Crippen LogP contribution in [0.5, 0.6) is 0 Å². The first kappa shape index (κ1) is 25.1. The number of nitrogens with two attached hydrogens (primary N) is 1. The van der Waals surface area contributed by atoms with Crippen molar-refractivity contribution in [3.05, 3.63) is 60.6 Å². The van der Waals surface area contributed by atoms with E-state index in [1.807, 2.05) is 19.0 Å². The van der Waals surface area contributed by atoms with Crippen LogP contribution < -0.4 is 16.4 Å². The maximum atomic E-state index is 13.3. The van der Waals surface area contributed by atoms with E-state index in [2.05, 4.69) is 25.6 Å². The van der Waals surface area contributed by atoms with Crippen molar-refractivity contribution >= 4 is 27.4 Å². The van der Waals surface area contributed by atoms with Crippen LogP contribution in [0.4, 0.5) is 16.3 Å². The van der Waals surface area contributed by atoms with Crippen LogP contribution >= 0.6 is 0 Å². The predicted molar refractivity (Wildman–Crippen MR) is 132 cm³/mol. The van der Waals surface area contributed by atoms with Gasteiger partial charge in [0, 0.05) is 42.8 Å². The second-order valence-electron chi connectivity index (χ2n) is 8.46. The van der Waals surface area contributed by atoms with Crippen LogP contribution in [0.15, 0.2) is 59.8 Å². The first-order valence-corrected chi connectivity index (χ1v) is 12.1. The lowest BCUT2D eigenvalue weighted by molar-refractivity contribution is 0.250. The number of carbonyl (C=O) groups excluding carboxylic acids is 1. The third-order valence-corrected chi connectivity index (χ3v) is 7.69.